The lowest BCUT2D eigenvalue weighted by molar-refractivity contribution is 0.102. The Morgan fingerprint density at radius 2 is 2.05 bits per heavy atom. The van der Waals surface area contributed by atoms with Crippen molar-refractivity contribution >= 4 is 28.4 Å². The van der Waals surface area contributed by atoms with E-state index in [0.29, 0.717) is 10.9 Å². The topological polar surface area (TPSA) is 58.6 Å². The minimum Gasteiger partial charge on any atom is -0.360 e. The summed E-state index contributed by atoms with van der Waals surface area (Å²) < 4.78 is 0. The smallest absolute Gasteiger partial charge is 0.187 e. The van der Waals surface area contributed by atoms with Crippen LogP contribution in [-0.2, 0) is 6.42 Å². The van der Waals surface area contributed by atoms with Crippen LogP contribution in [0.5, 0.6) is 0 Å². The number of hydrogen-bond acceptors (Lipinski definition) is 4. The Labute approximate surface area is 127 Å². The number of hydrogen-bond donors (Lipinski definition) is 1. The molecule has 0 spiro atoms. The highest BCUT2D eigenvalue weighted by Crippen LogP contribution is 2.24. The Bertz CT molecular complexity index is 768. The van der Waals surface area contributed by atoms with E-state index in [1.165, 1.54) is 17.3 Å². The zero-order chi connectivity index (χ0) is 14.7. The lowest BCUT2D eigenvalue weighted by Crippen LogP contribution is -2.02. The van der Waals surface area contributed by atoms with Crippen molar-refractivity contribution in [1.29, 1.82) is 0 Å². The molecule has 0 fully saturated rings. The highest BCUT2D eigenvalue weighted by atomic mass is 32.2. The zero-order valence-corrected chi connectivity index (χ0v) is 12.5. The molecule has 4 nitrogen and oxygen atoms in total. The van der Waals surface area contributed by atoms with Gasteiger partial charge in [0, 0.05) is 35.1 Å². The Morgan fingerprint density at radius 3 is 2.81 bits per heavy atom. The Hall–Kier alpha value is -2.14. The van der Waals surface area contributed by atoms with Crippen molar-refractivity contribution in [3.05, 3.63) is 54.0 Å². The minimum atomic E-state index is 0.0898. The lowest BCUT2D eigenvalue weighted by Gasteiger charge is -2.01. The molecule has 3 rings (SSSR count). The molecule has 0 unspecified atom stereocenters. The van der Waals surface area contributed by atoms with Crippen LogP contribution in [0.25, 0.3) is 10.9 Å². The zero-order valence-electron chi connectivity index (χ0n) is 11.7. The number of aromatic nitrogens is 3. The second kappa shape index (κ2) is 6.10. The summed E-state index contributed by atoms with van der Waals surface area (Å²) in [4.78, 5) is 23.8. The van der Waals surface area contributed by atoms with E-state index >= 15 is 0 Å². The summed E-state index contributed by atoms with van der Waals surface area (Å²) in [6, 6.07) is 7.83. The van der Waals surface area contributed by atoms with Crippen LogP contribution < -0.4 is 0 Å². The first-order valence-electron chi connectivity index (χ1n) is 6.81. The molecule has 3 aromatic rings. The van der Waals surface area contributed by atoms with Gasteiger partial charge in [-0.2, -0.15) is 0 Å². The number of nitrogens with one attached hydrogen (secondary N) is 1. The van der Waals surface area contributed by atoms with Crippen molar-refractivity contribution in [3.63, 3.8) is 0 Å². The molecule has 2 aromatic heterocycles. The fraction of sp³-hybridized carbons (Fsp3) is 0.188. The summed E-state index contributed by atoms with van der Waals surface area (Å²) in [5.74, 6) is 0.430. The van der Waals surface area contributed by atoms with Gasteiger partial charge in [-0.3, -0.25) is 4.79 Å². The Kier molecular flexibility index (Phi) is 4.01. The molecule has 21 heavy (non-hydrogen) atoms. The predicted octanol–water partition coefficient (Wildman–Crippen LogP) is 3.50. The molecule has 0 amide bonds. The number of para-hydroxylation sites is 1. The van der Waals surface area contributed by atoms with Gasteiger partial charge in [0.15, 0.2) is 10.9 Å². The minimum absolute atomic E-state index is 0.0898. The molecule has 1 aromatic carbocycles. The van der Waals surface area contributed by atoms with E-state index in [1.54, 1.807) is 24.7 Å². The van der Waals surface area contributed by atoms with Crippen LogP contribution in [0.4, 0.5) is 0 Å². The third kappa shape index (κ3) is 2.83. The highest BCUT2D eigenvalue weighted by molar-refractivity contribution is 7.99. The SMILES string of the molecule is CCc1cccc2c(C(=O)CSc3ncccn3)c[nH]c12. The average molecular weight is 297 g/mol. The highest BCUT2D eigenvalue weighted by Gasteiger charge is 2.14. The maximum Gasteiger partial charge on any atom is 0.187 e. The molecule has 0 radical (unpaired) electrons. The lowest BCUT2D eigenvalue weighted by atomic mass is 10.1. The number of ketones is 1. The summed E-state index contributed by atoms with van der Waals surface area (Å²) in [7, 11) is 0. The number of aryl methyl sites for hydroxylation is 1. The maximum atomic E-state index is 12.4. The number of fused-ring (bicyclic) bond motifs is 1. The molecular weight excluding hydrogens is 282 g/mol. The monoisotopic (exact) mass is 297 g/mol. The molecule has 106 valence electrons. The van der Waals surface area contributed by atoms with Crippen LogP contribution in [0.3, 0.4) is 0 Å². The number of aromatic amines is 1. The van der Waals surface area contributed by atoms with E-state index in [-0.39, 0.29) is 5.78 Å². The number of nitrogens with zero attached hydrogens (tertiary/aromatic N) is 2. The summed E-state index contributed by atoms with van der Waals surface area (Å²) in [6.07, 6.45) is 6.11. The summed E-state index contributed by atoms with van der Waals surface area (Å²) >= 11 is 1.36. The van der Waals surface area contributed by atoms with Crippen LogP contribution in [0.15, 0.2) is 48.0 Å². The standard InChI is InChI=1S/C16H15N3OS/c1-2-11-5-3-6-12-13(9-19-15(11)12)14(20)10-21-16-17-7-4-8-18-16/h3-9,19H,2,10H2,1H3. The third-order valence-corrected chi connectivity index (χ3v) is 4.23. The van der Waals surface area contributed by atoms with Crippen LogP contribution in [0.2, 0.25) is 0 Å². The van der Waals surface area contributed by atoms with E-state index in [2.05, 4.69) is 27.9 Å². The number of benzene rings is 1. The van der Waals surface area contributed by atoms with Crippen LogP contribution in [0.1, 0.15) is 22.8 Å². The summed E-state index contributed by atoms with van der Waals surface area (Å²) in [6.45, 7) is 2.11. The van der Waals surface area contributed by atoms with E-state index < -0.39 is 0 Å². The van der Waals surface area contributed by atoms with Gasteiger partial charge in [-0.05, 0) is 18.1 Å². The molecule has 0 saturated carbocycles. The van der Waals surface area contributed by atoms with Gasteiger partial charge in [-0.25, -0.2) is 9.97 Å². The Balaban J connectivity index is 1.82. The molecule has 0 bridgehead atoms. The first kappa shape index (κ1) is 13.8. The van der Waals surface area contributed by atoms with Gasteiger partial charge >= 0.3 is 0 Å². The molecular formula is C16H15N3OS. The van der Waals surface area contributed by atoms with Gasteiger partial charge in [-0.15, -0.1) is 0 Å². The molecule has 2 heterocycles. The number of rotatable bonds is 5. The van der Waals surface area contributed by atoms with Crippen LogP contribution in [-0.4, -0.2) is 26.5 Å². The normalized spacial score (nSPS) is 10.9. The first-order chi connectivity index (χ1) is 10.3. The largest absolute Gasteiger partial charge is 0.360 e. The van der Waals surface area contributed by atoms with Gasteiger partial charge in [0.25, 0.3) is 0 Å². The predicted molar refractivity (Wildman–Crippen MR) is 84.8 cm³/mol. The second-order valence-electron chi connectivity index (χ2n) is 4.64. The van der Waals surface area contributed by atoms with Crippen molar-refractivity contribution in [3.8, 4) is 0 Å². The summed E-state index contributed by atoms with van der Waals surface area (Å²) in [5.41, 5.74) is 3.03. The third-order valence-electron chi connectivity index (χ3n) is 3.36. The van der Waals surface area contributed by atoms with E-state index in [9.17, 15) is 4.79 Å². The van der Waals surface area contributed by atoms with Crippen molar-refractivity contribution in [2.45, 2.75) is 18.5 Å². The first-order valence-corrected chi connectivity index (χ1v) is 7.80. The van der Waals surface area contributed by atoms with E-state index in [1.807, 2.05) is 12.1 Å². The number of carbonyl (C=O) groups is 1. The summed E-state index contributed by atoms with van der Waals surface area (Å²) in [5, 5.41) is 1.62. The number of Topliss-reactive ketones (excluding diaryl/α,β-unsaturated/α-hetero) is 1. The number of thioether (sulfide) groups is 1. The fourth-order valence-corrected chi connectivity index (χ4v) is 3.00. The van der Waals surface area contributed by atoms with Crippen molar-refractivity contribution < 1.29 is 4.79 Å². The molecule has 1 N–H and O–H groups in total. The van der Waals surface area contributed by atoms with Crippen molar-refractivity contribution in [1.82, 2.24) is 15.0 Å². The molecule has 0 aliphatic rings. The van der Waals surface area contributed by atoms with Crippen molar-refractivity contribution in [2.24, 2.45) is 0 Å². The quantitative estimate of drug-likeness (QED) is 0.445. The maximum absolute atomic E-state index is 12.4. The van der Waals surface area contributed by atoms with Gasteiger partial charge in [-0.1, -0.05) is 36.9 Å². The molecule has 5 heteroatoms. The van der Waals surface area contributed by atoms with Gasteiger partial charge in [0.05, 0.1) is 5.75 Å². The van der Waals surface area contributed by atoms with Crippen LogP contribution >= 0.6 is 11.8 Å². The molecule has 0 aliphatic heterocycles. The van der Waals surface area contributed by atoms with E-state index in [4.69, 9.17) is 0 Å². The molecule has 0 aliphatic carbocycles. The average Bonchev–Trinajstić information content (AvgIpc) is 2.97. The van der Waals surface area contributed by atoms with Gasteiger partial charge in [0.2, 0.25) is 0 Å². The van der Waals surface area contributed by atoms with Gasteiger partial charge in [0.1, 0.15) is 0 Å². The Morgan fingerprint density at radius 1 is 1.24 bits per heavy atom. The number of H-pyrrole nitrogens is 1. The van der Waals surface area contributed by atoms with Gasteiger partial charge < -0.3 is 4.98 Å². The molecule has 0 atom stereocenters. The second-order valence-corrected chi connectivity index (χ2v) is 5.58. The fourth-order valence-electron chi connectivity index (χ4n) is 2.31. The molecule has 0 saturated heterocycles. The van der Waals surface area contributed by atoms with Crippen molar-refractivity contribution in [2.75, 3.05) is 5.75 Å². The van der Waals surface area contributed by atoms with Crippen LogP contribution in [0, 0.1) is 0 Å². The number of carbonyl (C=O) groups excluding carboxylic acids is 1. The van der Waals surface area contributed by atoms with E-state index in [0.717, 1.165) is 22.9 Å².